The van der Waals surface area contributed by atoms with Crippen molar-refractivity contribution >= 4 is 21.5 Å². The molecule has 9 heteroatoms. The van der Waals surface area contributed by atoms with E-state index in [9.17, 15) is 13.5 Å². The van der Waals surface area contributed by atoms with Crippen LogP contribution in [0.1, 0.15) is 26.3 Å². The molecule has 0 saturated heterocycles. The SMILES string of the molecule is CCN(CC)CC.O=S(=O)(O)c1ccc(O)c(CC2COc3cscc3O2)c1. The maximum absolute atomic E-state index is 11.1. The quantitative estimate of drug-likeness (QED) is 0.679. The van der Waals surface area contributed by atoms with Crippen LogP contribution in [0.25, 0.3) is 0 Å². The number of phenolic OH excluding ortho intramolecular Hbond substituents is 1. The Morgan fingerprint density at radius 1 is 1.14 bits per heavy atom. The molecule has 2 heterocycles. The Bertz CT molecular complexity index is 856. The van der Waals surface area contributed by atoms with E-state index in [1.807, 2.05) is 10.8 Å². The fraction of sp³-hybridized carbons (Fsp3) is 0.474. The molecule has 0 bridgehead atoms. The fourth-order valence-electron chi connectivity index (χ4n) is 2.76. The number of ether oxygens (including phenoxy) is 2. The van der Waals surface area contributed by atoms with Crippen molar-refractivity contribution in [3.05, 3.63) is 34.5 Å². The molecule has 1 aliphatic rings. The zero-order valence-electron chi connectivity index (χ0n) is 16.3. The number of hydrogen-bond donors (Lipinski definition) is 2. The average Bonchev–Trinajstić information content (AvgIpc) is 3.12. The van der Waals surface area contributed by atoms with Crippen molar-refractivity contribution in [2.75, 3.05) is 26.2 Å². The standard InChI is InChI=1S/C13H12O6S2.C6H15N/c14-11-2-1-10(21(15,16)17)4-8(11)3-9-5-18-12-6-20-7-13(12)19-9;1-4-7(5-2)6-3/h1-2,4,6-7,9,14H,3,5H2,(H,15,16,17);4-6H2,1-3H3. The number of benzene rings is 1. The molecule has 0 aliphatic carbocycles. The number of phenols is 1. The molecule has 7 nitrogen and oxygen atoms in total. The second kappa shape index (κ2) is 10.1. The van der Waals surface area contributed by atoms with Crippen LogP contribution < -0.4 is 9.47 Å². The van der Waals surface area contributed by atoms with Crippen LogP contribution in [0.15, 0.2) is 33.9 Å². The van der Waals surface area contributed by atoms with E-state index in [0.29, 0.717) is 23.7 Å². The number of fused-ring (bicyclic) bond motifs is 1. The number of hydrogen-bond acceptors (Lipinski definition) is 7. The van der Waals surface area contributed by atoms with E-state index < -0.39 is 10.1 Å². The second-order valence-electron chi connectivity index (χ2n) is 6.24. The Morgan fingerprint density at radius 2 is 1.79 bits per heavy atom. The Balaban J connectivity index is 0.000000345. The fourth-order valence-corrected chi connectivity index (χ4v) is 3.97. The van der Waals surface area contributed by atoms with Gasteiger partial charge >= 0.3 is 0 Å². The summed E-state index contributed by atoms with van der Waals surface area (Å²) in [6, 6.07) is 3.61. The average molecular weight is 430 g/mol. The van der Waals surface area contributed by atoms with Crippen LogP contribution >= 0.6 is 11.3 Å². The second-order valence-corrected chi connectivity index (χ2v) is 8.41. The van der Waals surface area contributed by atoms with Gasteiger partial charge in [-0.3, -0.25) is 4.55 Å². The predicted octanol–water partition coefficient (Wildman–Crippen LogP) is 3.43. The summed E-state index contributed by atoms with van der Waals surface area (Å²) in [5.41, 5.74) is 0.373. The van der Waals surface area contributed by atoms with Gasteiger partial charge < -0.3 is 19.5 Å². The minimum atomic E-state index is -4.30. The maximum atomic E-state index is 11.1. The van der Waals surface area contributed by atoms with Gasteiger partial charge in [0, 0.05) is 17.2 Å². The van der Waals surface area contributed by atoms with Gasteiger partial charge in [-0.15, -0.1) is 11.3 Å². The molecule has 3 rings (SSSR count). The topological polar surface area (TPSA) is 96.3 Å². The van der Waals surface area contributed by atoms with Gasteiger partial charge in [-0.25, -0.2) is 0 Å². The zero-order chi connectivity index (χ0) is 20.7. The van der Waals surface area contributed by atoms with Crippen molar-refractivity contribution in [1.29, 1.82) is 0 Å². The van der Waals surface area contributed by atoms with Gasteiger partial charge in [-0.05, 0) is 43.4 Å². The summed E-state index contributed by atoms with van der Waals surface area (Å²) < 4.78 is 42.6. The third-order valence-corrected chi connectivity index (χ3v) is 6.00. The van der Waals surface area contributed by atoms with Crippen LogP contribution in [0.2, 0.25) is 0 Å². The van der Waals surface area contributed by atoms with E-state index in [0.717, 1.165) is 6.07 Å². The minimum Gasteiger partial charge on any atom is -0.508 e. The van der Waals surface area contributed by atoms with Gasteiger partial charge in [0.25, 0.3) is 10.1 Å². The number of rotatable bonds is 6. The summed E-state index contributed by atoms with van der Waals surface area (Å²) in [7, 11) is -4.30. The maximum Gasteiger partial charge on any atom is 0.294 e. The van der Waals surface area contributed by atoms with Crippen LogP contribution in [0.4, 0.5) is 0 Å². The number of nitrogens with zero attached hydrogens (tertiary/aromatic N) is 1. The van der Waals surface area contributed by atoms with E-state index in [4.69, 9.17) is 14.0 Å². The normalized spacial score (nSPS) is 15.8. The molecule has 0 amide bonds. The zero-order valence-corrected chi connectivity index (χ0v) is 17.9. The first-order chi connectivity index (χ1) is 13.3. The first-order valence-electron chi connectivity index (χ1n) is 9.15. The Labute approximate surface area is 170 Å². The van der Waals surface area contributed by atoms with E-state index in [2.05, 4.69) is 25.7 Å². The lowest BCUT2D eigenvalue weighted by molar-refractivity contribution is 0.0922. The van der Waals surface area contributed by atoms with Crippen molar-refractivity contribution < 1.29 is 27.6 Å². The lowest BCUT2D eigenvalue weighted by Gasteiger charge is -2.24. The van der Waals surface area contributed by atoms with Crippen molar-refractivity contribution in [2.24, 2.45) is 0 Å². The molecular formula is C19H27NO6S2. The lowest BCUT2D eigenvalue weighted by Crippen LogP contribution is -2.30. The number of aromatic hydroxyl groups is 1. The predicted molar refractivity (Wildman–Crippen MR) is 109 cm³/mol. The molecule has 0 radical (unpaired) electrons. The highest BCUT2D eigenvalue weighted by Gasteiger charge is 2.24. The Morgan fingerprint density at radius 3 is 2.36 bits per heavy atom. The van der Waals surface area contributed by atoms with Crippen LogP contribution in [-0.2, 0) is 16.5 Å². The van der Waals surface area contributed by atoms with Crippen LogP contribution in [0.3, 0.4) is 0 Å². The molecule has 1 atom stereocenters. The molecule has 0 fully saturated rings. The van der Waals surface area contributed by atoms with Gasteiger partial charge in [-0.2, -0.15) is 8.42 Å². The summed E-state index contributed by atoms with van der Waals surface area (Å²) in [5.74, 6) is 1.27. The number of thiophene rings is 1. The van der Waals surface area contributed by atoms with E-state index in [1.165, 1.54) is 43.1 Å². The smallest absolute Gasteiger partial charge is 0.294 e. The molecule has 1 aromatic heterocycles. The van der Waals surface area contributed by atoms with Gasteiger partial charge in [0.2, 0.25) is 0 Å². The van der Waals surface area contributed by atoms with Crippen molar-refractivity contribution in [2.45, 2.75) is 38.2 Å². The molecular weight excluding hydrogens is 402 g/mol. The summed E-state index contributed by atoms with van der Waals surface area (Å²) in [5, 5.41) is 13.5. The Kier molecular flexibility index (Phi) is 8.11. The van der Waals surface area contributed by atoms with Crippen LogP contribution in [-0.4, -0.2) is 55.3 Å². The molecule has 2 N–H and O–H groups in total. The van der Waals surface area contributed by atoms with Gasteiger partial charge in [-0.1, -0.05) is 20.8 Å². The highest BCUT2D eigenvalue weighted by molar-refractivity contribution is 7.85. The molecule has 156 valence electrons. The monoisotopic (exact) mass is 429 g/mol. The largest absolute Gasteiger partial charge is 0.508 e. The third-order valence-electron chi connectivity index (χ3n) is 4.45. The first-order valence-corrected chi connectivity index (χ1v) is 11.5. The van der Waals surface area contributed by atoms with Crippen LogP contribution in [0.5, 0.6) is 17.2 Å². The van der Waals surface area contributed by atoms with Gasteiger partial charge in [0.1, 0.15) is 18.5 Å². The highest BCUT2D eigenvalue weighted by Crippen LogP contribution is 2.36. The summed E-state index contributed by atoms with van der Waals surface area (Å²) >= 11 is 1.46. The molecule has 28 heavy (non-hydrogen) atoms. The lowest BCUT2D eigenvalue weighted by atomic mass is 10.1. The summed E-state index contributed by atoms with van der Waals surface area (Å²) in [4.78, 5) is 2.11. The molecule has 1 aromatic carbocycles. The molecule has 2 aromatic rings. The van der Waals surface area contributed by atoms with E-state index >= 15 is 0 Å². The molecule has 0 saturated carbocycles. The first kappa shape index (κ1) is 22.5. The van der Waals surface area contributed by atoms with Crippen molar-refractivity contribution in [3.8, 4) is 17.2 Å². The van der Waals surface area contributed by atoms with Crippen molar-refractivity contribution in [3.63, 3.8) is 0 Å². The van der Waals surface area contributed by atoms with Crippen molar-refractivity contribution in [1.82, 2.24) is 4.90 Å². The summed E-state index contributed by atoms with van der Waals surface area (Å²) in [6.45, 7) is 10.4. The minimum absolute atomic E-state index is 0.0536. The molecule has 1 unspecified atom stereocenters. The molecule has 1 aliphatic heterocycles. The third kappa shape index (κ3) is 6.10. The van der Waals surface area contributed by atoms with Crippen LogP contribution in [0, 0.1) is 0 Å². The van der Waals surface area contributed by atoms with E-state index in [-0.39, 0.29) is 23.2 Å². The highest BCUT2D eigenvalue weighted by atomic mass is 32.2. The Hall–Kier alpha value is -1.81. The van der Waals surface area contributed by atoms with E-state index in [1.54, 1.807) is 0 Å². The van der Waals surface area contributed by atoms with Gasteiger partial charge in [0.05, 0.1) is 4.90 Å². The molecule has 0 spiro atoms. The summed E-state index contributed by atoms with van der Waals surface area (Å²) in [6.07, 6.45) is -0.0700. The van der Waals surface area contributed by atoms with Gasteiger partial charge in [0.15, 0.2) is 11.5 Å².